The quantitative estimate of drug-likeness (QED) is 0.627. The molecule has 0 unspecified atom stereocenters. The van der Waals surface area contributed by atoms with E-state index >= 15 is 0 Å². The molecule has 2 amide bonds. The van der Waals surface area contributed by atoms with Crippen LogP contribution in [0.25, 0.3) is 0 Å². The van der Waals surface area contributed by atoms with Crippen LogP contribution in [-0.2, 0) is 11.0 Å². The number of alkyl halides is 3. The maximum atomic E-state index is 12.8. The summed E-state index contributed by atoms with van der Waals surface area (Å²) in [5, 5.41) is 5.18. The second-order valence-corrected chi connectivity index (χ2v) is 7.17. The molecule has 0 aliphatic rings. The molecule has 32 heavy (non-hydrogen) atoms. The summed E-state index contributed by atoms with van der Waals surface area (Å²) in [6.45, 7) is 3.46. The molecule has 0 aromatic heterocycles. The van der Waals surface area contributed by atoms with E-state index in [4.69, 9.17) is 14.2 Å². The number of carbonyl (C=O) groups is 2. The number of anilines is 1. The molecule has 0 saturated heterocycles. The van der Waals surface area contributed by atoms with Gasteiger partial charge in [-0.15, -0.1) is 0 Å². The van der Waals surface area contributed by atoms with Gasteiger partial charge in [0.05, 0.1) is 26.9 Å². The van der Waals surface area contributed by atoms with Gasteiger partial charge in [0.15, 0.2) is 11.5 Å². The van der Waals surface area contributed by atoms with E-state index in [2.05, 4.69) is 10.6 Å². The van der Waals surface area contributed by atoms with Crippen molar-refractivity contribution in [3.8, 4) is 17.2 Å². The molecule has 10 heteroatoms. The van der Waals surface area contributed by atoms with Crippen molar-refractivity contribution in [1.82, 2.24) is 5.32 Å². The number of rotatable bonds is 8. The van der Waals surface area contributed by atoms with Gasteiger partial charge in [0.1, 0.15) is 6.04 Å². The molecule has 1 atom stereocenters. The van der Waals surface area contributed by atoms with Gasteiger partial charge in [0.2, 0.25) is 11.7 Å². The molecule has 2 aromatic rings. The lowest BCUT2D eigenvalue weighted by atomic mass is 10.0. The molecule has 0 fully saturated rings. The van der Waals surface area contributed by atoms with Gasteiger partial charge >= 0.3 is 6.18 Å². The fourth-order valence-corrected chi connectivity index (χ4v) is 2.93. The molecule has 0 spiro atoms. The van der Waals surface area contributed by atoms with Gasteiger partial charge in [0.25, 0.3) is 5.91 Å². The summed E-state index contributed by atoms with van der Waals surface area (Å²) in [6.07, 6.45) is -4.47. The lowest BCUT2D eigenvalue weighted by Crippen LogP contribution is -2.47. The number of amides is 2. The number of carbonyl (C=O) groups excluding carboxylic acids is 2. The van der Waals surface area contributed by atoms with E-state index in [9.17, 15) is 22.8 Å². The molecule has 0 heterocycles. The summed E-state index contributed by atoms with van der Waals surface area (Å²) in [5.41, 5.74) is -0.477. The second kappa shape index (κ2) is 10.3. The van der Waals surface area contributed by atoms with Crippen molar-refractivity contribution < 1.29 is 37.0 Å². The van der Waals surface area contributed by atoms with Gasteiger partial charge in [-0.05, 0) is 42.3 Å². The Balaban J connectivity index is 2.21. The first kappa shape index (κ1) is 24.8. The van der Waals surface area contributed by atoms with Crippen LogP contribution in [0.4, 0.5) is 18.9 Å². The minimum absolute atomic E-state index is 0.174. The third-order valence-corrected chi connectivity index (χ3v) is 4.64. The molecule has 0 aliphatic carbocycles. The molecule has 0 radical (unpaired) electrons. The van der Waals surface area contributed by atoms with Crippen LogP contribution in [0.15, 0.2) is 36.4 Å². The minimum atomic E-state index is -4.47. The van der Waals surface area contributed by atoms with Crippen LogP contribution in [0.1, 0.15) is 29.8 Å². The van der Waals surface area contributed by atoms with Crippen molar-refractivity contribution in [3.05, 3.63) is 47.5 Å². The molecule has 2 aromatic carbocycles. The van der Waals surface area contributed by atoms with Gasteiger partial charge in [-0.3, -0.25) is 9.59 Å². The molecule has 174 valence electrons. The van der Waals surface area contributed by atoms with Crippen LogP contribution in [0.2, 0.25) is 0 Å². The third kappa shape index (κ3) is 5.83. The summed E-state index contributed by atoms with van der Waals surface area (Å²) >= 11 is 0. The number of nitrogens with one attached hydrogen (secondary N) is 2. The number of hydrogen-bond donors (Lipinski definition) is 2. The van der Waals surface area contributed by atoms with Crippen molar-refractivity contribution in [2.24, 2.45) is 5.92 Å². The molecule has 0 aliphatic heterocycles. The van der Waals surface area contributed by atoms with Crippen molar-refractivity contribution >= 4 is 17.5 Å². The van der Waals surface area contributed by atoms with Crippen molar-refractivity contribution in [1.29, 1.82) is 0 Å². The van der Waals surface area contributed by atoms with Gasteiger partial charge in [-0.25, -0.2) is 0 Å². The first-order valence-corrected chi connectivity index (χ1v) is 9.60. The van der Waals surface area contributed by atoms with Gasteiger partial charge in [-0.2, -0.15) is 13.2 Å². The van der Waals surface area contributed by atoms with E-state index < -0.39 is 29.6 Å². The van der Waals surface area contributed by atoms with Crippen LogP contribution < -0.4 is 24.8 Å². The average Bonchev–Trinajstić information content (AvgIpc) is 2.75. The second-order valence-electron chi connectivity index (χ2n) is 7.17. The Morgan fingerprint density at radius 1 is 0.906 bits per heavy atom. The topological polar surface area (TPSA) is 85.9 Å². The van der Waals surface area contributed by atoms with Crippen LogP contribution >= 0.6 is 0 Å². The summed E-state index contributed by atoms with van der Waals surface area (Å²) in [4.78, 5) is 25.6. The predicted octanol–water partition coefficient (Wildman–Crippen LogP) is 4.12. The average molecular weight is 454 g/mol. The number of methoxy groups -OCH3 is 3. The number of hydrogen-bond acceptors (Lipinski definition) is 5. The van der Waals surface area contributed by atoms with E-state index in [0.29, 0.717) is 5.75 Å². The summed E-state index contributed by atoms with van der Waals surface area (Å²) in [7, 11) is 4.25. The smallest absolute Gasteiger partial charge is 0.416 e. The largest absolute Gasteiger partial charge is 0.493 e. The number of halogens is 3. The Kier molecular flexibility index (Phi) is 7.96. The molecular weight excluding hydrogens is 429 g/mol. The van der Waals surface area contributed by atoms with Gasteiger partial charge < -0.3 is 24.8 Å². The lowest BCUT2D eigenvalue weighted by Gasteiger charge is -2.22. The maximum Gasteiger partial charge on any atom is 0.416 e. The highest BCUT2D eigenvalue weighted by atomic mass is 19.4. The monoisotopic (exact) mass is 454 g/mol. The molecule has 0 saturated carbocycles. The Hall–Kier alpha value is -3.43. The summed E-state index contributed by atoms with van der Waals surface area (Å²) in [5.74, 6) is -0.590. The van der Waals surface area contributed by atoms with Gasteiger partial charge in [0, 0.05) is 11.3 Å². The van der Waals surface area contributed by atoms with Crippen LogP contribution in [-0.4, -0.2) is 39.2 Å². The zero-order valence-electron chi connectivity index (χ0n) is 18.3. The Morgan fingerprint density at radius 2 is 1.44 bits per heavy atom. The molecule has 2 rings (SSSR count). The van der Waals surface area contributed by atoms with Crippen LogP contribution in [0.3, 0.4) is 0 Å². The highest BCUT2D eigenvalue weighted by Gasteiger charge is 2.30. The highest BCUT2D eigenvalue weighted by molar-refractivity contribution is 6.01. The van der Waals surface area contributed by atoms with E-state index in [1.807, 2.05) is 0 Å². The highest BCUT2D eigenvalue weighted by Crippen LogP contribution is 2.38. The number of benzene rings is 2. The van der Waals surface area contributed by atoms with Crippen molar-refractivity contribution in [3.63, 3.8) is 0 Å². The van der Waals surface area contributed by atoms with Crippen LogP contribution in [0.5, 0.6) is 17.2 Å². The first-order valence-electron chi connectivity index (χ1n) is 9.60. The fourth-order valence-electron chi connectivity index (χ4n) is 2.93. The first-order chi connectivity index (χ1) is 15.0. The zero-order valence-corrected chi connectivity index (χ0v) is 18.3. The van der Waals surface area contributed by atoms with E-state index in [1.165, 1.54) is 33.5 Å². The maximum absolute atomic E-state index is 12.8. The minimum Gasteiger partial charge on any atom is -0.493 e. The molecule has 7 nitrogen and oxygen atoms in total. The van der Waals surface area contributed by atoms with Crippen molar-refractivity contribution in [2.45, 2.75) is 26.1 Å². The normalized spacial score (nSPS) is 12.2. The molecular formula is C22H25F3N2O5. The number of ether oxygens (including phenoxy) is 3. The van der Waals surface area contributed by atoms with Crippen molar-refractivity contribution in [2.75, 3.05) is 26.6 Å². The van der Waals surface area contributed by atoms with Gasteiger partial charge in [-0.1, -0.05) is 13.8 Å². The third-order valence-electron chi connectivity index (χ3n) is 4.64. The standard InChI is InChI=1S/C22H25F3N2O5/c1-12(2)18(21(29)26-15-8-6-14(7-9-15)22(23,24)25)27-20(28)13-10-16(30-3)19(32-5)17(11-13)31-4/h6-12,18H,1-5H3,(H,26,29)(H,27,28)/t18-/m0/s1. The Morgan fingerprint density at radius 3 is 1.84 bits per heavy atom. The molecule has 2 N–H and O–H groups in total. The molecule has 0 bridgehead atoms. The zero-order chi connectivity index (χ0) is 24.1. The SMILES string of the molecule is COc1cc(C(=O)N[C@H](C(=O)Nc2ccc(C(F)(F)F)cc2)C(C)C)cc(OC)c1OC. The Labute approximate surface area is 183 Å². The summed E-state index contributed by atoms with van der Waals surface area (Å²) in [6, 6.07) is 5.98. The van der Waals surface area contributed by atoms with E-state index in [-0.39, 0.29) is 28.7 Å². The fraction of sp³-hybridized carbons (Fsp3) is 0.364. The Bertz CT molecular complexity index is 934. The van der Waals surface area contributed by atoms with Crippen LogP contribution in [0, 0.1) is 5.92 Å². The lowest BCUT2D eigenvalue weighted by molar-refractivity contribution is -0.137. The van der Waals surface area contributed by atoms with E-state index in [1.54, 1.807) is 13.8 Å². The predicted molar refractivity (Wildman–Crippen MR) is 112 cm³/mol. The summed E-state index contributed by atoms with van der Waals surface area (Å²) < 4.78 is 53.9. The van der Waals surface area contributed by atoms with E-state index in [0.717, 1.165) is 24.3 Å².